The van der Waals surface area contributed by atoms with Crippen molar-refractivity contribution in [3.8, 4) is 11.1 Å². The van der Waals surface area contributed by atoms with Crippen molar-refractivity contribution in [2.24, 2.45) is 5.92 Å². The molecular weight excluding hydrogens is 438 g/mol. The van der Waals surface area contributed by atoms with Gasteiger partial charge in [0.05, 0.1) is 0 Å². The molecule has 2 N–H and O–H groups in total. The number of fused-ring (bicyclic) bond motifs is 3. The lowest BCUT2D eigenvalue weighted by Gasteiger charge is -2.37. The molecule has 1 fully saturated rings. The van der Waals surface area contributed by atoms with Crippen molar-refractivity contribution in [2.75, 3.05) is 13.2 Å². The van der Waals surface area contributed by atoms with Crippen molar-refractivity contribution in [2.45, 2.75) is 76.5 Å². The summed E-state index contributed by atoms with van der Waals surface area (Å²) in [4.78, 5) is 13.2. The molecule has 0 spiro atoms. The van der Waals surface area contributed by atoms with Crippen LogP contribution in [0.1, 0.15) is 74.5 Å². The first-order chi connectivity index (χ1) is 17.2. The van der Waals surface area contributed by atoms with Gasteiger partial charge >= 0.3 is 0 Å². The van der Waals surface area contributed by atoms with Crippen molar-refractivity contribution < 1.29 is 19.4 Å². The molecule has 35 heavy (non-hydrogen) atoms. The monoisotopic (exact) mass is 475 g/mol. The van der Waals surface area contributed by atoms with E-state index in [1.165, 1.54) is 34.2 Å². The first-order valence-corrected chi connectivity index (χ1v) is 13.3. The molecular formula is C30H37NO4. The van der Waals surface area contributed by atoms with E-state index in [1.807, 2.05) is 13.0 Å². The predicted octanol–water partition coefficient (Wildman–Crippen LogP) is 5.46. The highest BCUT2D eigenvalue weighted by atomic mass is 16.7. The third-order valence-corrected chi connectivity index (χ3v) is 7.78. The Morgan fingerprint density at radius 1 is 1.09 bits per heavy atom. The van der Waals surface area contributed by atoms with Gasteiger partial charge in [-0.25, -0.2) is 0 Å². The summed E-state index contributed by atoms with van der Waals surface area (Å²) in [6, 6.07) is 15.5. The second-order valence-electron chi connectivity index (χ2n) is 10.1. The van der Waals surface area contributed by atoms with Gasteiger partial charge in [0.25, 0.3) is 5.91 Å². The lowest BCUT2D eigenvalue weighted by molar-refractivity contribution is -0.166. The molecule has 3 aliphatic rings. The van der Waals surface area contributed by atoms with E-state index in [0.29, 0.717) is 18.8 Å². The standard InChI is InChI=1S/C30H37NO4/c1-2-34-30-26(13-8-16-32)27(19-28(35-30)29(33)31-23-10-4-3-5-11-23)21-14-15-25-22(18-21)17-20-9-6-7-12-24(20)25/h6-7,9,12,14-15,18-19,23,26-27,30,32H,2-5,8,10-11,13,16-17H2,1H3,(H,31,33)/t26-,27+,30+/m1/s1. The summed E-state index contributed by atoms with van der Waals surface area (Å²) in [5, 5.41) is 12.8. The number of aliphatic hydroxyl groups is 1. The number of carbonyl (C=O) groups is 1. The Bertz CT molecular complexity index is 1070. The van der Waals surface area contributed by atoms with Gasteiger partial charge in [0.2, 0.25) is 6.29 Å². The van der Waals surface area contributed by atoms with Crippen LogP contribution in [0, 0.1) is 5.92 Å². The lowest BCUT2D eigenvalue weighted by atomic mass is 9.79. The minimum absolute atomic E-state index is 0.0204. The molecule has 1 saturated carbocycles. The Hall–Kier alpha value is -2.63. The van der Waals surface area contributed by atoms with Gasteiger partial charge < -0.3 is 19.9 Å². The molecule has 2 aromatic carbocycles. The molecule has 5 heteroatoms. The molecule has 0 aromatic heterocycles. The fourth-order valence-corrected chi connectivity index (χ4v) is 6.02. The number of hydrogen-bond acceptors (Lipinski definition) is 4. The zero-order chi connectivity index (χ0) is 24.2. The zero-order valence-corrected chi connectivity index (χ0v) is 20.7. The second-order valence-corrected chi connectivity index (χ2v) is 10.1. The largest absolute Gasteiger partial charge is 0.459 e. The molecule has 0 unspecified atom stereocenters. The fraction of sp³-hybridized carbons (Fsp3) is 0.500. The molecule has 1 heterocycles. The van der Waals surface area contributed by atoms with Gasteiger partial charge in [-0.3, -0.25) is 4.79 Å². The second kappa shape index (κ2) is 11.0. The van der Waals surface area contributed by atoms with Crippen LogP contribution in [-0.2, 0) is 20.7 Å². The summed E-state index contributed by atoms with van der Waals surface area (Å²) >= 11 is 0. The quantitative estimate of drug-likeness (QED) is 0.454. The topological polar surface area (TPSA) is 67.8 Å². The number of amides is 1. The van der Waals surface area contributed by atoms with Crippen LogP contribution in [0.15, 0.2) is 54.3 Å². The summed E-state index contributed by atoms with van der Waals surface area (Å²) in [7, 11) is 0. The SMILES string of the molecule is CCO[C@H]1OC(C(=O)NC2CCCCC2)=C[C@@H](c2ccc3c(c2)Cc2ccccc2-3)[C@H]1CCCO. The number of rotatable bonds is 8. The fourth-order valence-electron chi connectivity index (χ4n) is 6.02. The molecule has 2 aromatic rings. The number of hydrogen-bond donors (Lipinski definition) is 2. The number of nitrogens with one attached hydrogen (secondary N) is 1. The third-order valence-electron chi connectivity index (χ3n) is 7.78. The van der Waals surface area contributed by atoms with E-state index < -0.39 is 6.29 Å². The first-order valence-electron chi connectivity index (χ1n) is 13.3. The Kier molecular flexibility index (Phi) is 7.54. The van der Waals surface area contributed by atoms with Gasteiger partial charge in [-0.05, 0) is 72.9 Å². The van der Waals surface area contributed by atoms with E-state index in [2.05, 4.69) is 47.8 Å². The normalized spacial score (nSPS) is 23.7. The van der Waals surface area contributed by atoms with Crippen molar-refractivity contribution >= 4 is 5.91 Å². The molecule has 3 atom stereocenters. The van der Waals surface area contributed by atoms with E-state index in [9.17, 15) is 9.90 Å². The maximum atomic E-state index is 13.2. The first kappa shape index (κ1) is 24.1. The van der Waals surface area contributed by atoms with E-state index in [4.69, 9.17) is 9.47 Å². The molecule has 1 aliphatic heterocycles. The van der Waals surface area contributed by atoms with Crippen LogP contribution in [0.25, 0.3) is 11.1 Å². The van der Waals surface area contributed by atoms with Gasteiger partial charge in [-0.1, -0.05) is 61.7 Å². The molecule has 2 aliphatic carbocycles. The van der Waals surface area contributed by atoms with Gasteiger partial charge in [-0.15, -0.1) is 0 Å². The van der Waals surface area contributed by atoms with E-state index in [0.717, 1.165) is 38.5 Å². The van der Waals surface area contributed by atoms with Crippen LogP contribution < -0.4 is 5.32 Å². The van der Waals surface area contributed by atoms with Crippen molar-refractivity contribution in [1.82, 2.24) is 5.32 Å². The third kappa shape index (κ3) is 5.17. The van der Waals surface area contributed by atoms with Crippen molar-refractivity contribution in [1.29, 1.82) is 0 Å². The van der Waals surface area contributed by atoms with Crippen molar-refractivity contribution in [3.63, 3.8) is 0 Å². The van der Waals surface area contributed by atoms with Crippen LogP contribution in [0.2, 0.25) is 0 Å². The predicted molar refractivity (Wildman–Crippen MR) is 137 cm³/mol. The van der Waals surface area contributed by atoms with Gasteiger partial charge in [-0.2, -0.15) is 0 Å². The minimum atomic E-state index is -0.515. The van der Waals surface area contributed by atoms with Gasteiger partial charge in [0.15, 0.2) is 5.76 Å². The van der Waals surface area contributed by atoms with Crippen LogP contribution in [-0.4, -0.2) is 36.6 Å². The summed E-state index contributed by atoms with van der Waals surface area (Å²) < 4.78 is 12.2. The molecule has 0 saturated heterocycles. The Balaban J connectivity index is 1.46. The smallest absolute Gasteiger partial charge is 0.286 e. The molecule has 0 radical (unpaired) electrons. The summed E-state index contributed by atoms with van der Waals surface area (Å²) in [6.07, 6.45) is 9.47. The van der Waals surface area contributed by atoms with E-state index in [-0.39, 0.29) is 30.4 Å². The van der Waals surface area contributed by atoms with Crippen LogP contribution in [0.5, 0.6) is 0 Å². The average molecular weight is 476 g/mol. The van der Waals surface area contributed by atoms with Gasteiger partial charge in [0.1, 0.15) is 0 Å². The molecule has 1 amide bonds. The maximum absolute atomic E-state index is 13.2. The number of ether oxygens (including phenoxy) is 2. The molecule has 5 nitrogen and oxygen atoms in total. The minimum Gasteiger partial charge on any atom is -0.459 e. The van der Waals surface area contributed by atoms with Crippen LogP contribution in [0.4, 0.5) is 0 Å². The highest BCUT2D eigenvalue weighted by Gasteiger charge is 2.38. The molecule has 186 valence electrons. The zero-order valence-electron chi connectivity index (χ0n) is 20.7. The number of carbonyl (C=O) groups excluding carboxylic acids is 1. The number of allylic oxidation sites excluding steroid dienone is 1. The van der Waals surface area contributed by atoms with Crippen LogP contribution >= 0.6 is 0 Å². The average Bonchev–Trinajstić information content (AvgIpc) is 3.26. The summed E-state index contributed by atoms with van der Waals surface area (Å²) in [5.74, 6) is 0.229. The molecule has 0 bridgehead atoms. The van der Waals surface area contributed by atoms with E-state index in [1.54, 1.807) is 0 Å². The lowest BCUT2D eigenvalue weighted by Crippen LogP contribution is -2.42. The number of benzene rings is 2. The van der Waals surface area contributed by atoms with Gasteiger partial charge in [0, 0.05) is 31.1 Å². The number of aliphatic hydroxyl groups excluding tert-OH is 1. The Morgan fingerprint density at radius 2 is 1.89 bits per heavy atom. The molecule has 5 rings (SSSR count). The highest BCUT2D eigenvalue weighted by molar-refractivity contribution is 5.92. The van der Waals surface area contributed by atoms with E-state index >= 15 is 0 Å². The van der Waals surface area contributed by atoms with Crippen molar-refractivity contribution in [3.05, 3.63) is 71.0 Å². The highest BCUT2D eigenvalue weighted by Crippen LogP contribution is 2.43. The Morgan fingerprint density at radius 3 is 2.69 bits per heavy atom. The summed E-state index contributed by atoms with van der Waals surface area (Å²) in [5.41, 5.74) is 6.47. The maximum Gasteiger partial charge on any atom is 0.286 e. The summed E-state index contributed by atoms with van der Waals surface area (Å²) in [6.45, 7) is 2.58. The van der Waals surface area contributed by atoms with Crippen LogP contribution in [0.3, 0.4) is 0 Å². The Labute approximate surface area is 208 Å².